The SMILES string of the molecule is Oc1[c]cccc1-c1cccc2ccccc12. The van der Waals surface area contributed by atoms with Gasteiger partial charge in [0, 0.05) is 11.6 Å². The molecule has 0 aliphatic carbocycles. The zero-order chi connectivity index (χ0) is 11.7. The van der Waals surface area contributed by atoms with Crippen LogP contribution in [0.15, 0.2) is 60.7 Å². The summed E-state index contributed by atoms with van der Waals surface area (Å²) < 4.78 is 0. The molecule has 1 radical (unpaired) electrons. The molecule has 0 saturated heterocycles. The predicted octanol–water partition coefficient (Wildman–Crippen LogP) is 4.01. The van der Waals surface area contributed by atoms with E-state index in [1.165, 1.54) is 5.39 Å². The first-order chi connectivity index (χ1) is 8.36. The van der Waals surface area contributed by atoms with Crippen molar-refractivity contribution in [1.82, 2.24) is 0 Å². The van der Waals surface area contributed by atoms with Crippen molar-refractivity contribution in [3.63, 3.8) is 0 Å². The average molecular weight is 219 g/mol. The third kappa shape index (κ3) is 1.66. The van der Waals surface area contributed by atoms with Gasteiger partial charge < -0.3 is 5.11 Å². The van der Waals surface area contributed by atoms with E-state index in [0.717, 1.165) is 16.5 Å². The quantitative estimate of drug-likeness (QED) is 0.655. The lowest BCUT2D eigenvalue weighted by atomic mass is 9.98. The van der Waals surface area contributed by atoms with Crippen LogP contribution in [0.3, 0.4) is 0 Å². The molecule has 0 unspecified atom stereocenters. The second-order valence-corrected chi connectivity index (χ2v) is 3.96. The summed E-state index contributed by atoms with van der Waals surface area (Å²) in [7, 11) is 0. The van der Waals surface area contributed by atoms with Crippen LogP contribution >= 0.6 is 0 Å². The Kier molecular flexibility index (Phi) is 2.30. The maximum absolute atomic E-state index is 9.87. The van der Waals surface area contributed by atoms with Crippen molar-refractivity contribution in [1.29, 1.82) is 0 Å². The van der Waals surface area contributed by atoms with Crippen LogP contribution < -0.4 is 0 Å². The highest BCUT2D eigenvalue weighted by Crippen LogP contribution is 2.33. The molecule has 0 heterocycles. The molecular formula is C16H11O. The lowest BCUT2D eigenvalue weighted by Crippen LogP contribution is -1.81. The second-order valence-electron chi connectivity index (χ2n) is 3.96. The van der Waals surface area contributed by atoms with Crippen LogP contribution in [0, 0.1) is 6.07 Å². The van der Waals surface area contributed by atoms with Gasteiger partial charge >= 0.3 is 0 Å². The molecule has 3 rings (SSSR count). The molecule has 0 aromatic heterocycles. The van der Waals surface area contributed by atoms with Gasteiger partial charge in [0.1, 0.15) is 5.75 Å². The fourth-order valence-electron chi connectivity index (χ4n) is 2.11. The van der Waals surface area contributed by atoms with Crippen molar-refractivity contribution in [3.8, 4) is 16.9 Å². The van der Waals surface area contributed by atoms with E-state index >= 15 is 0 Å². The van der Waals surface area contributed by atoms with Crippen LogP contribution in [-0.2, 0) is 0 Å². The maximum Gasteiger partial charge on any atom is 0.131 e. The molecule has 0 bridgehead atoms. The molecule has 1 heteroatoms. The van der Waals surface area contributed by atoms with Crippen molar-refractivity contribution in [2.45, 2.75) is 0 Å². The second kappa shape index (κ2) is 3.95. The van der Waals surface area contributed by atoms with Crippen molar-refractivity contribution in [3.05, 3.63) is 66.7 Å². The van der Waals surface area contributed by atoms with Crippen LogP contribution in [0.4, 0.5) is 0 Å². The fraction of sp³-hybridized carbons (Fsp3) is 0. The molecule has 0 fully saturated rings. The van der Waals surface area contributed by atoms with Gasteiger partial charge in [-0.15, -0.1) is 0 Å². The Morgan fingerprint density at radius 3 is 2.41 bits per heavy atom. The number of hydrogen-bond acceptors (Lipinski definition) is 1. The number of para-hydroxylation sites is 1. The first-order valence-electron chi connectivity index (χ1n) is 5.54. The minimum Gasteiger partial charge on any atom is -0.507 e. The third-order valence-electron chi connectivity index (χ3n) is 2.91. The highest BCUT2D eigenvalue weighted by atomic mass is 16.3. The lowest BCUT2D eigenvalue weighted by molar-refractivity contribution is 0.476. The minimum atomic E-state index is 0.198. The number of aromatic hydroxyl groups is 1. The van der Waals surface area contributed by atoms with Gasteiger partial charge in [-0.2, -0.15) is 0 Å². The van der Waals surface area contributed by atoms with Crippen LogP contribution in [0.5, 0.6) is 5.75 Å². The van der Waals surface area contributed by atoms with Gasteiger partial charge in [0.25, 0.3) is 0 Å². The average Bonchev–Trinajstić information content (AvgIpc) is 2.39. The van der Waals surface area contributed by atoms with Gasteiger partial charge in [-0.05, 0) is 16.3 Å². The summed E-state index contributed by atoms with van der Waals surface area (Å²) in [6.45, 7) is 0. The zero-order valence-corrected chi connectivity index (χ0v) is 9.22. The van der Waals surface area contributed by atoms with Crippen molar-refractivity contribution in [2.24, 2.45) is 0 Å². The molecular weight excluding hydrogens is 208 g/mol. The number of rotatable bonds is 1. The van der Waals surface area contributed by atoms with Crippen LogP contribution in [0.1, 0.15) is 0 Å². The third-order valence-corrected chi connectivity index (χ3v) is 2.91. The van der Waals surface area contributed by atoms with Gasteiger partial charge in [0.05, 0.1) is 0 Å². The lowest BCUT2D eigenvalue weighted by Gasteiger charge is -2.08. The molecule has 81 valence electrons. The predicted molar refractivity (Wildman–Crippen MR) is 69.9 cm³/mol. The summed E-state index contributed by atoms with van der Waals surface area (Å²) in [4.78, 5) is 0. The van der Waals surface area contributed by atoms with Gasteiger partial charge in [-0.3, -0.25) is 0 Å². The molecule has 1 nitrogen and oxygen atoms in total. The van der Waals surface area contributed by atoms with Gasteiger partial charge in [-0.25, -0.2) is 0 Å². The molecule has 0 aliphatic heterocycles. The summed E-state index contributed by atoms with van der Waals surface area (Å²) in [5.74, 6) is 0.198. The number of fused-ring (bicyclic) bond motifs is 1. The van der Waals surface area contributed by atoms with E-state index in [-0.39, 0.29) is 5.75 Å². The first-order valence-corrected chi connectivity index (χ1v) is 5.54. The smallest absolute Gasteiger partial charge is 0.131 e. The van der Waals surface area contributed by atoms with Crippen LogP contribution in [-0.4, -0.2) is 5.11 Å². The van der Waals surface area contributed by atoms with Crippen molar-refractivity contribution < 1.29 is 5.11 Å². The summed E-state index contributed by atoms with van der Waals surface area (Å²) in [5.41, 5.74) is 1.86. The Hall–Kier alpha value is -2.28. The normalized spacial score (nSPS) is 10.6. The van der Waals surface area contributed by atoms with E-state index in [0.29, 0.717) is 0 Å². The van der Waals surface area contributed by atoms with Gasteiger partial charge in [-0.1, -0.05) is 60.7 Å². The Balaban J connectivity index is 2.35. The first kappa shape index (κ1) is 9.91. The van der Waals surface area contributed by atoms with E-state index in [2.05, 4.69) is 24.3 Å². The molecule has 0 spiro atoms. The van der Waals surface area contributed by atoms with E-state index in [1.807, 2.05) is 36.4 Å². The Bertz CT molecular complexity index is 666. The summed E-state index contributed by atoms with van der Waals surface area (Å²) in [5, 5.41) is 12.2. The Morgan fingerprint density at radius 1 is 0.765 bits per heavy atom. The van der Waals surface area contributed by atoms with Crippen molar-refractivity contribution in [2.75, 3.05) is 0 Å². The van der Waals surface area contributed by atoms with E-state index in [1.54, 1.807) is 6.07 Å². The van der Waals surface area contributed by atoms with Gasteiger partial charge in [0.15, 0.2) is 0 Å². The molecule has 0 saturated carbocycles. The van der Waals surface area contributed by atoms with Crippen LogP contribution in [0.2, 0.25) is 0 Å². The number of phenolic OH excluding ortho intramolecular Hbond substituents is 1. The van der Waals surface area contributed by atoms with Gasteiger partial charge in [0.2, 0.25) is 0 Å². The molecule has 3 aromatic rings. The van der Waals surface area contributed by atoms with Crippen molar-refractivity contribution >= 4 is 10.8 Å². The summed E-state index contributed by atoms with van der Waals surface area (Å²) in [6, 6.07) is 22.6. The molecule has 17 heavy (non-hydrogen) atoms. The molecule has 0 atom stereocenters. The van der Waals surface area contributed by atoms with E-state index < -0.39 is 0 Å². The van der Waals surface area contributed by atoms with E-state index in [9.17, 15) is 5.11 Å². The maximum atomic E-state index is 9.87. The number of hydrogen-bond donors (Lipinski definition) is 1. The highest BCUT2D eigenvalue weighted by Gasteiger charge is 2.06. The summed E-state index contributed by atoms with van der Waals surface area (Å²) >= 11 is 0. The Labute approximate surface area is 100.0 Å². The highest BCUT2D eigenvalue weighted by molar-refractivity contribution is 5.97. The topological polar surface area (TPSA) is 20.2 Å². The standard InChI is InChI=1S/C16H11O/c17-16-11-4-3-9-15(16)14-10-5-7-12-6-1-2-8-13(12)14/h1-10,17H. The largest absolute Gasteiger partial charge is 0.507 e. The van der Waals surface area contributed by atoms with Crippen LogP contribution in [0.25, 0.3) is 21.9 Å². The molecule has 0 aliphatic rings. The molecule has 0 amide bonds. The molecule has 1 N–H and O–H groups in total. The summed E-state index contributed by atoms with van der Waals surface area (Å²) in [6.07, 6.45) is 0. The minimum absolute atomic E-state index is 0.198. The zero-order valence-electron chi connectivity index (χ0n) is 9.22. The number of phenols is 1. The Morgan fingerprint density at radius 2 is 1.53 bits per heavy atom. The van der Waals surface area contributed by atoms with E-state index in [4.69, 9.17) is 0 Å². The fourth-order valence-corrected chi connectivity index (χ4v) is 2.11. The molecule has 3 aromatic carbocycles. The monoisotopic (exact) mass is 219 g/mol. The number of benzene rings is 3.